The molecule has 0 aromatic carbocycles. The first-order valence-corrected chi connectivity index (χ1v) is 30.6. The van der Waals surface area contributed by atoms with Gasteiger partial charge in [0.1, 0.15) is 16.7 Å². The molecule has 3 nitrogen and oxygen atoms in total. The van der Waals surface area contributed by atoms with Gasteiger partial charge in [0.2, 0.25) is 0 Å². The molecule has 0 amide bonds. The van der Waals surface area contributed by atoms with Gasteiger partial charge in [-0.1, -0.05) is 130 Å². The molecule has 0 spiro atoms. The minimum absolute atomic E-state index is 0.155. The summed E-state index contributed by atoms with van der Waals surface area (Å²) in [5, 5.41) is 4.71. The fraction of sp³-hybridized carbons (Fsp3) is 0.473. The Labute approximate surface area is 415 Å². The van der Waals surface area contributed by atoms with Crippen molar-refractivity contribution in [1.82, 2.24) is 13.7 Å². The zero-order chi connectivity index (χ0) is 44.4. The maximum atomic E-state index is 5.20. The molecule has 10 rings (SSSR count). The molecule has 10 heteroatoms. The molecule has 0 atom stereocenters. The Balaban J connectivity index is 0.926. The van der Waals surface area contributed by atoms with Crippen molar-refractivity contribution < 1.29 is 0 Å². The largest absolute Gasteiger partial charge is 0.252 e. The standard InChI is InChI=1S/C55H63N3S7/c1-5-9-13-17-27-54(28-18-14-10-6-2)37-25-31-59-50(37)52-39(54)33-45(63-52)42-22-21-41(61-42)36-35-56-48(49-47(36)57-65-58-49)44-24-23-43(62-44)46-34-40-53(64-46)51-38(26-32-60-51)55(40,29-19-15-11-7-3)30-20-16-12-8-4/h21-26,31-35H,5-20,27-30H2,1-4H3. The number of hydrogen-bond acceptors (Lipinski definition) is 10. The Morgan fingerprint density at radius 1 is 0.415 bits per heavy atom. The highest BCUT2D eigenvalue weighted by Gasteiger charge is 2.46. The van der Waals surface area contributed by atoms with Crippen LogP contribution in [0.2, 0.25) is 0 Å². The van der Waals surface area contributed by atoms with Crippen LogP contribution in [0.1, 0.15) is 178 Å². The van der Waals surface area contributed by atoms with E-state index in [9.17, 15) is 0 Å². The molecule has 65 heavy (non-hydrogen) atoms. The molecule has 0 radical (unpaired) electrons. The zero-order valence-corrected chi connectivity index (χ0v) is 44.4. The van der Waals surface area contributed by atoms with Crippen LogP contribution < -0.4 is 0 Å². The number of nitrogens with zero attached hydrogens (tertiary/aromatic N) is 3. The minimum Gasteiger partial charge on any atom is -0.252 e. The Hall–Kier alpha value is -2.83. The van der Waals surface area contributed by atoms with Crippen molar-refractivity contribution in [2.75, 3.05) is 0 Å². The minimum atomic E-state index is 0.155. The number of pyridine rings is 1. The van der Waals surface area contributed by atoms with Crippen molar-refractivity contribution in [3.8, 4) is 60.0 Å². The molecular weight excluding hydrogens is 927 g/mol. The van der Waals surface area contributed by atoms with Crippen LogP contribution in [0.3, 0.4) is 0 Å². The fourth-order valence-corrected chi connectivity index (χ4v) is 18.8. The van der Waals surface area contributed by atoms with Gasteiger partial charge in [0, 0.05) is 66.5 Å². The second kappa shape index (κ2) is 20.4. The van der Waals surface area contributed by atoms with Gasteiger partial charge in [-0.05, 0) is 107 Å². The van der Waals surface area contributed by atoms with Gasteiger partial charge in [0.25, 0.3) is 0 Å². The summed E-state index contributed by atoms with van der Waals surface area (Å²) < 4.78 is 9.85. The molecule has 8 heterocycles. The fourth-order valence-electron chi connectivity index (χ4n) is 11.2. The third kappa shape index (κ3) is 8.56. The van der Waals surface area contributed by atoms with Gasteiger partial charge in [0.05, 0.1) is 16.6 Å². The van der Waals surface area contributed by atoms with Crippen LogP contribution in [0.4, 0.5) is 0 Å². The summed E-state index contributed by atoms with van der Waals surface area (Å²) in [5.41, 5.74) is 10.7. The molecule has 2 aliphatic rings. The van der Waals surface area contributed by atoms with Gasteiger partial charge >= 0.3 is 0 Å². The average Bonchev–Trinajstić information content (AvgIpc) is 4.17. The number of aromatic nitrogens is 3. The van der Waals surface area contributed by atoms with Crippen LogP contribution >= 0.6 is 79.7 Å². The summed E-state index contributed by atoms with van der Waals surface area (Å²) in [6.45, 7) is 9.31. The molecule has 0 aliphatic heterocycles. The second-order valence-electron chi connectivity index (χ2n) is 18.8. The topological polar surface area (TPSA) is 38.7 Å². The van der Waals surface area contributed by atoms with E-state index in [0.29, 0.717) is 0 Å². The predicted octanol–water partition coefficient (Wildman–Crippen LogP) is 20.5. The summed E-state index contributed by atoms with van der Waals surface area (Å²) in [6, 6.07) is 19.4. The molecule has 8 aromatic rings. The van der Waals surface area contributed by atoms with E-state index in [2.05, 4.69) is 93.2 Å². The summed E-state index contributed by atoms with van der Waals surface area (Å²) in [5.74, 6) is 0. The van der Waals surface area contributed by atoms with Crippen LogP contribution in [0.25, 0.3) is 71.1 Å². The lowest BCUT2D eigenvalue weighted by molar-refractivity contribution is 0.402. The van der Waals surface area contributed by atoms with Crippen LogP contribution in [-0.2, 0) is 10.8 Å². The lowest BCUT2D eigenvalue weighted by Crippen LogP contribution is -2.24. The molecule has 340 valence electrons. The van der Waals surface area contributed by atoms with Crippen LogP contribution in [0.15, 0.2) is 65.5 Å². The van der Waals surface area contributed by atoms with E-state index < -0.39 is 0 Å². The quantitative estimate of drug-likeness (QED) is 0.0566. The van der Waals surface area contributed by atoms with Gasteiger partial charge in [0.15, 0.2) is 0 Å². The lowest BCUT2D eigenvalue weighted by atomic mass is 9.71. The maximum Gasteiger partial charge on any atom is 0.132 e. The third-order valence-electron chi connectivity index (χ3n) is 14.6. The van der Waals surface area contributed by atoms with Gasteiger partial charge in [-0.15, -0.1) is 68.0 Å². The monoisotopic (exact) mass is 989 g/mol. The second-order valence-corrected chi connectivity index (χ2v) is 25.4. The highest BCUT2D eigenvalue weighted by atomic mass is 32.1. The summed E-state index contributed by atoms with van der Waals surface area (Å²) in [6.07, 6.45) is 28.2. The summed E-state index contributed by atoms with van der Waals surface area (Å²) in [4.78, 5) is 19.2. The highest BCUT2D eigenvalue weighted by Crippen LogP contribution is 2.62. The number of hydrogen-bond donors (Lipinski definition) is 0. The van der Waals surface area contributed by atoms with Crippen LogP contribution in [0.5, 0.6) is 0 Å². The Bertz CT molecular complexity index is 2620. The SMILES string of the molecule is CCCCCCC1(CCCCCC)c2ccsc2-c2sc(-c3ccc(-c4cnc(-c5ccc(-c6cc7c(s6)-c6sccc6C7(CCCCCC)CCCCCC)s5)c5nsnc45)s3)cc21. The van der Waals surface area contributed by atoms with E-state index in [-0.39, 0.29) is 10.8 Å². The van der Waals surface area contributed by atoms with Crippen molar-refractivity contribution in [1.29, 1.82) is 0 Å². The van der Waals surface area contributed by atoms with Gasteiger partial charge in [-0.2, -0.15) is 8.75 Å². The predicted molar refractivity (Wildman–Crippen MR) is 292 cm³/mol. The van der Waals surface area contributed by atoms with E-state index in [1.807, 2.05) is 68.0 Å². The van der Waals surface area contributed by atoms with Crippen molar-refractivity contribution >= 4 is 90.8 Å². The van der Waals surface area contributed by atoms with Gasteiger partial charge in [-0.25, -0.2) is 0 Å². The van der Waals surface area contributed by atoms with Crippen LogP contribution in [-0.4, -0.2) is 13.7 Å². The number of fused-ring (bicyclic) bond motifs is 7. The maximum absolute atomic E-state index is 5.20. The molecule has 0 unspecified atom stereocenters. The first kappa shape index (κ1) is 45.9. The van der Waals surface area contributed by atoms with Crippen molar-refractivity contribution in [3.63, 3.8) is 0 Å². The molecule has 2 aliphatic carbocycles. The highest BCUT2D eigenvalue weighted by molar-refractivity contribution is 7.28. The number of thiophene rings is 6. The van der Waals surface area contributed by atoms with E-state index in [0.717, 1.165) is 22.3 Å². The molecule has 0 saturated carbocycles. The Kier molecular flexibility index (Phi) is 14.4. The zero-order valence-electron chi connectivity index (χ0n) is 38.7. The van der Waals surface area contributed by atoms with Crippen molar-refractivity contribution in [2.24, 2.45) is 0 Å². The van der Waals surface area contributed by atoms with Crippen molar-refractivity contribution in [3.05, 3.63) is 87.7 Å². The average molecular weight is 991 g/mol. The molecule has 8 aromatic heterocycles. The molecule has 0 N–H and O–H groups in total. The first-order chi connectivity index (χ1) is 32.0. The van der Waals surface area contributed by atoms with Gasteiger partial charge < -0.3 is 0 Å². The van der Waals surface area contributed by atoms with E-state index in [1.54, 1.807) is 22.3 Å². The Morgan fingerprint density at radius 3 is 1.35 bits per heavy atom. The van der Waals surface area contributed by atoms with Crippen molar-refractivity contribution in [2.45, 2.75) is 167 Å². The van der Waals surface area contributed by atoms with E-state index in [4.69, 9.17) is 13.7 Å². The lowest BCUT2D eigenvalue weighted by Gasteiger charge is -2.31. The summed E-state index contributed by atoms with van der Waals surface area (Å²) >= 11 is 13.0. The number of rotatable bonds is 24. The van der Waals surface area contributed by atoms with Gasteiger partial charge in [-0.3, -0.25) is 4.98 Å². The normalized spacial score (nSPS) is 14.4. The molecule has 0 bridgehead atoms. The van der Waals surface area contributed by atoms with E-state index in [1.165, 1.54) is 189 Å². The molecule has 0 fully saturated rings. The Morgan fingerprint density at radius 2 is 0.862 bits per heavy atom. The number of unbranched alkanes of at least 4 members (excludes halogenated alkanes) is 12. The third-order valence-corrected chi connectivity index (χ3v) is 22.1. The summed E-state index contributed by atoms with van der Waals surface area (Å²) in [7, 11) is 0. The van der Waals surface area contributed by atoms with E-state index >= 15 is 0 Å². The first-order valence-electron chi connectivity index (χ1n) is 24.8. The smallest absolute Gasteiger partial charge is 0.132 e. The molecular formula is C55H63N3S7. The molecule has 0 saturated heterocycles. The van der Waals surface area contributed by atoms with Crippen LogP contribution in [0, 0.1) is 0 Å².